The van der Waals surface area contributed by atoms with Crippen LogP contribution in [-0.4, -0.2) is 34.5 Å². The highest BCUT2D eigenvalue weighted by atomic mass is 16.3. The first-order valence-electron chi connectivity index (χ1n) is 4.18. The van der Waals surface area contributed by atoms with Crippen molar-refractivity contribution in [2.24, 2.45) is 4.99 Å². The summed E-state index contributed by atoms with van der Waals surface area (Å²) >= 11 is 0. The van der Waals surface area contributed by atoms with Gasteiger partial charge in [-0.2, -0.15) is 0 Å². The Morgan fingerprint density at radius 1 is 1.58 bits per heavy atom. The van der Waals surface area contributed by atoms with Crippen molar-refractivity contribution < 1.29 is 5.11 Å². The van der Waals surface area contributed by atoms with Gasteiger partial charge in [-0.15, -0.1) is 0 Å². The molecule has 3 nitrogen and oxygen atoms in total. The number of hydrogen-bond donors (Lipinski definition) is 1. The van der Waals surface area contributed by atoms with E-state index in [1.54, 1.807) is 6.20 Å². The fourth-order valence-electron chi connectivity index (χ4n) is 1.27. The summed E-state index contributed by atoms with van der Waals surface area (Å²) in [7, 11) is 0. The van der Waals surface area contributed by atoms with Gasteiger partial charge in [-0.1, -0.05) is 6.08 Å². The van der Waals surface area contributed by atoms with E-state index < -0.39 is 5.60 Å². The third-order valence-electron chi connectivity index (χ3n) is 1.93. The molecule has 68 valence electrons. The molecule has 0 amide bonds. The first-order chi connectivity index (χ1) is 5.55. The van der Waals surface area contributed by atoms with Crippen LogP contribution in [0.15, 0.2) is 17.3 Å². The van der Waals surface area contributed by atoms with E-state index in [-0.39, 0.29) is 0 Å². The molecular formula is C9H16N2O. The Labute approximate surface area is 73.4 Å². The lowest BCUT2D eigenvalue weighted by atomic mass is 9.97. The molecule has 0 aromatic rings. The summed E-state index contributed by atoms with van der Waals surface area (Å²) in [5.41, 5.74) is -0.507. The molecule has 1 N–H and O–H groups in total. The summed E-state index contributed by atoms with van der Waals surface area (Å²) in [4.78, 5) is 6.24. The average molecular weight is 168 g/mol. The predicted molar refractivity (Wildman–Crippen MR) is 50.1 cm³/mol. The van der Waals surface area contributed by atoms with Crippen molar-refractivity contribution in [3.63, 3.8) is 0 Å². The molecule has 12 heavy (non-hydrogen) atoms. The summed E-state index contributed by atoms with van der Waals surface area (Å²) in [5.74, 6) is 0.972. The molecule has 0 aliphatic carbocycles. The zero-order valence-electron chi connectivity index (χ0n) is 7.91. The minimum absolute atomic E-state index is 0.507. The second-order valence-corrected chi connectivity index (χ2v) is 3.51. The zero-order chi connectivity index (χ0) is 9.19. The molecule has 0 aromatic heterocycles. The lowest BCUT2D eigenvalue weighted by Gasteiger charge is -2.45. The smallest absolute Gasteiger partial charge is 0.101 e. The molecule has 1 fully saturated rings. The van der Waals surface area contributed by atoms with Crippen molar-refractivity contribution in [2.45, 2.75) is 26.4 Å². The molecular weight excluding hydrogens is 152 g/mol. The van der Waals surface area contributed by atoms with Crippen LogP contribution in [0.4, 0.5) is 0 Å². The number of likely N-dealkylation sites (tertiary alicyclic amines) is 1. The summed E-state index contributed by atoms with van der Waals surface area (Å²) in [6.07, 6.45) is 3.66. The summed E-state index contributed by atoms with van der Waals surface area (Å²) in [6.45, 7) is 7.12. The second-order valence-electron chi connectivity index (χ2n) is 3.51. The Bertz CT molecular complexity index is 211. The number of β-amino-alcohol motifs (C(OH)–C–C–N with tert-alkyl or cyclic N) is 1. The van der Waals surface area contributed by atoms with Gasteiger partial charge in [0, 0.05) is 19.3 Å². The largest absolute Gasteiger partial charge is 0.386 e. The van der Waals surface area contributed by atoms with E-state index in [0.717, 1.165) is 5.84 Å². The minimum Gasteiger partial charge on any atom is -0.386 e. The number of amidine groups is 1. The van der Waals surface area contributed by atoms with E-state index in [2.05, 4.69) is 9.89 Å². The van der Waals surface area contributed by atoms with Gasteiger partial charge in [0.15, 0.2) is 0 Å². The fourth-order valence-corrected chi connectivity index (χ4v) is 1.27. The second kappa shape index (κ2) is 3.27. The zero-order valence-corrected chi connectivity index (χ0v) is 7.91. The molecule has 0 aromatic carbocycles. The van der Waals surface area contributed by atoms with Gasteiger partial charge < -0.3 is 10.0 Å². The number of nitrogens with zero attached hydrogens (tertiary/aromatic N) is 2. The number of aliphatic hydroxyl groups is 1. The Morgan fingerprint density at radius 2 is 2.17 bits per heavy atom. The summed E-state index contributed by atoms with van der Waals surface area (Å²) in [5, 5.41) is 9.44. The normalized spacial score (nSPS) is 23.0. The monoisotopic (exact) mass is 168 g/mol. The number of rotatable bonds is 1. The van der Waals surface area contributed by atoms with Crippen LogP contribution in [0.2, 0.25) is 0 Å². The Kier molecular flexibility index (Phi) is 2.52. The number of allylic oxidation sites excluding steroid dienone is 1. The van der Waals surface area contributed by atoms with Crippen LogP contribution in [0.25, 0.3) is 0 Å². The van der Waals surface area contributed by atoms with Gasteiger partial charge in [-0.3, -0.25) is 0 Å². The third kappa shape index (κ3) is 2.08. The van der Waals surface area contributed by atoms with Gasteiger partial charge in [0.2, 0.25) is 0 Å². The van der Waals surface area contributed by atoms with Crippen LogP contribution in [0, 0.1) is 0 Å². The molecule has 1 rings (SSSR count). The molecule has 1 aliphatic heterocycles. The lowest BCUT2D eigenvalue weighted by molar-refractivity contribution is -0.0498. The van der Waals surface area contributed by atoms with Crippen molar-refractivity contribution >= 4 is 5.84 Å². The van der Waals surface area contributed by atoms with Crippen molar-refractivity contribution in [1.29, 1.82) is 0 Å². The highest BCUT2D eigenvalue weighted by Gasteiger charge is 2.36. The van der Waals surface area contributed by atoms with Crippen molar-refractivity contribution in [1.82, 2.24) is 4.90 Å². The van der Waals surface area contributed by atoms with E-state index in [9.17, 15) is 5.11 Å². The molecule has 3 heteroatoms. The molecule has 0 saturated carbocycles. The minimum atomic E-state index is -0.507. The molecule has 1 heterocycles. The van der Waals surface area contributed by atoms with Gasteiger partial charge in [0.05, 0.1) is 5.60 Å². The van der Waals surface area contributed by atoms with Crippen molar-refractivity contribution in [3.8, 4) is 0 Å². The first-order valence-corrected chi connectivity index (χ1v) is 4.18. The van der Waals surface area contributed by atoms with E-state index in [1.807, 2.05) is 26.8 Å². The molecule has 1 aliphatic rings. The standard InChI is InChI=1S/C9H16N2O/c1-4-5-10-8(2)11-6-9(3,12)7-11/h4-5,12H,6-7H2,1-3H3/b5-4-,10-8?. The van der Waals surface area contributed by atoms with E-state index >= 15 is 0 Å². The maximum atomic E-state index is 9.44. The average Bonchev–Trinajstić information content (AvgIpc) is 1.95. The quantitative estimate of drug-likeness (QED) is 0.468. The Morgan fingerprint density at radius 3 is 2.58 bits per heavy atom. The van der Waals surface area contributed by atoms with E-state index in [1.165, 1.54) is 0 Å². The maximum absolute atomic E-state index is 9.44. The highest BCUT2D eigenvalue weighted by Crippen LogP contribution is 2.19. The van der Waals surface area contributed by atoms with Gasteiger partial charge in [-0.25, -0.2) is 4.99 Å². The molecule has 0 atom stereocenters. The SMILES string of the molecule is C/C=C\N=C(C)N1CC(C)(O)C1. The number of hydrogen-bond acceptors (Lipinski definition) is 2. The van der Waals surface area contributed by atoms with E-state index in [0.29, 0.717) is 13.1 Å². The van der Waals surface area contributed by atoms with Gasteiger partial charge in [0.1, 0.15) is 5.84 Å². The van der Waals surface area contributed by atoms with Crippen LogP contribution in [-0.2, 0) is 0 Å². The lowest BCUT2D eigenvalue weighted by Crippen LogP contribution is -2.61. The topological polar surface area (TPSA) is 35.8 Å². The van der Waals surface area contributed by atoms with Crippen LogP contribution in [0.5, 0.6) is 0 Å². The molecule has 0 radical (unpaired) electrons. The van der Waals surface area contributed by atoms with Gasteiger partial charge in [-0.05, 0) is 20.8 Å². The van der Waals surface area contributed by atoms with Crippen molar-refractivity contribution in [2.75, 3.05) is 13.1 Å². The van der Waals surface area contributed by atoms with Crippen LogP contribution >= 0.6 is 0 Å². The highest BCUT2D eigenvalue weighted by molar-refractivity contribution is 5.81. The summed E-state index contributed by atoms with van der Waals surface area (Å²) < 4.78 is 0. The predicted octanol–water partition coefficient (Wildman–Crippen LogP) is 1.00. The molecule has 1 saturated heterocycles. The third-order valence-corrected chi connectivity index (χ3v) is 1.93. The summed E-state index contributed by atoms with van der Waals surface area (Å²) in [6, 6.07) is 0. The first kappa shape index (κ1) is 9.26. The van der Waals surface area contributed by atoms with Crippen LogP contribution < -0.4 is 0 Å². The molecule has 0 spiro atoms. The molecule has 0 bridgehead atoms. The van der Waals surface area contributed by atoms with Gasteiger partial charge in [0.25, 0.3) is 0 Å². The molecule has 0 unspecified atom stereocenters. The fraction of sp³-hybridized carbons (Fsp3) is 0.667. The number of aliphatic imine (C=N–C) groups is 1. The Hall–Kier alpha value is -0.830. The van der Waals surface area contributed by atoms with Crippen LogP contribution in [0.1, 0.15) is 20.8 Å². The van der Waals surface area contributed by atoms with Crippen LogP contribution in [0.3, 0.4) is 0 Å². The van der Waals surface area contributed by atoms with E-state index in [4.69, 9.17) is 0 Å². The van der Waals surface area contributed by atoms with Crippen molar-refractivity contribution in [3.05, 3.63) is 12.3 Å². The van der Waals surface area contributed by atoms with Gasteiger partial charge >= 0.3 is 0 Å². The Balaban J connectivity index is 2.42. The maximum Gasteiger partial charge on any atom is 0.101 e.